The van der Waals surface area contributed by atoms with E-state index in [1.54, 1.807) is 33.9 Å². The highest BCUT2D eigenvalue weighted by Gasteiger charge is 2.63. The molecular weight excluding hydrogens is 794 g/mol. The Morgan fingerprint density at radius 2 is 1.80 bits per heavy atom. The number of anilines is 1. The molecule has 4 fully saturated rings. The molecule has 0 spiro atoms. The lowest BCUT2D eigenvalue weighted by Crippen LogP contribution is -2.48. The molecule has 16 heteroatoms. The molecule has 60 heavy (non-hydrogen) atoms. The summed E-state index contributed by atoms with van der Waals surface area (Å²) in [5.41, 5.74) is -1.57. The predicted molar refractivity (Wildman–Crippen MR) is 223 cm³/mol. The van der Waals surface area contributed by atoms with Crippen LogP contribution in [0.4, 0.5) is 10.3 Å². The summed E-state index contributed by atoms with van der Waals surface area (Å²) in [6.07, 6.45) is 7.19. The fourth-order valence-electron chi connectivity index (χ4n) is 9.30. The van der Waals surface area contributed by atoms with Crippen molar-refractivity contribution >= 4 is 50.4 Å². The maximum atomic E-state index is 15.0. The topological polar surface area (TPSA) is 174 Å². The van der Waals surface area contributed by atoms with Gasteiger partial charge in [0.05, 0.1) is 48.4 Å². The number of fused-ring (bicyclic) bond motifs is 3. The molecule has 2 saturated carbocycles. The lowest BCUT2D eigenvalue weighted by molar-refractivity contribution is -0.160. The summed E-state index contributed by atoms with van der Waals surface area (Å²) in [6, 6.07) is 4.35. The van der Waals surface area contributed by atoms with E-state index in [0.717, 1.165) is 32.4 Å². The number of hydrogen-bond donors (Lipinski definition) is 1. The van der Waals surface area contributed by atoms with Gasteiger partial charge in [0.1, 0.15) is 28.9 Å². The van der Waals surface area contributed by atoms with Crippen LogP contribution in [0, 0.1) is 29.1 Å². The quantitative estimate of drug-likeness (QED) is 0.223. The molecule has 2 aromatic rings. The van der Waals surface area contributed by atoms with E-state index in [0.29, 0.717) is 41.3 Å². The second-order valence-corrected chi connectivity index (χ2v) is 21.0. The van der Waals surface area contributed by atoms with Crippen molar-refractivity contribution in [2.45, 2.75) is 128 Å². The lowest BCUT2D eigenvalue weighted by atomic mass is 9.82. The minimum atomic E-state index is -4.35. The van der Waals surface area contributed by atoms with Gasteiger partial charge >= 0.3 is 5.97 Å². The van der Waals surface area contributed by atoms with Crippen molar-refractivity contribution in [3.63, 3.8) is 0 Å². The summed E-state index contributed by atoms with van der Waals surface area (Å²) in [5.74, 6) is -2.11. The summed E-state index contributed by atoms with van der Waals surface area (Å²) in [7, 11) is -2.78. The van der Waals surface area contributed by atoms with Crippen molar-refractivity contribution in [1.29, 1.82) is 0 Å². The molecule has 2 amide bonds. The number of esters is 1. The number of methoxy groups -OCH3 is 1. The molecular formula is C44H60FN5O9S. The number of ether oxygens (including phenoxy) is 3. The Morgan fingerprint density at radius 3 is 2.47 bits per heavy atom. The molecule has 4 heterocycles. The molecule has 7 atom stereocenters. The number of allylic oxidation sites excluding steroid dienone is 2. The van der Waals surface area contributed by atoms with E-state index >= 15 is 4.79 Å². The van der Waals surface area contributed by atoms with Gasteiger partial charge in [0.2, 0.25) is 33.7 Å². The van der Waals surface area contributed by atoms with Crippen molar-refractivity contribution in [3.8, 4) is 11.6 Å². The molecule has 1 N–H and O–H groups in total. The van der Waals surface area contributed by atoms with Gasteiger partial charge in [-0.05, 0) is 102 Å². The first-order valence-corrected chi connectivity index (χ1v) is 23.0. The highest BCUT2D eigenvalue weighted by Crippen LogP contribution is 2.58. The molecule has 1 aromatic carbocycles. The van der Waals surface area contributed by atoms with Gasteiger partial charge < -0.3 is 24.0 Å². The number of sulfonamides is 1. The zero-order valence-corrected chi connectivity index (χ0v) is 36.5. The van der Waals surface area contributed by atoms with Gasteiger partial charge in [-0.15, -0.1) is 0 Å². The lowest BCUT2D eigenvalue weighted by Gasteiger charge is -2.32. The van der Waals surface area contributed by atoms with E-state index in [2.05, 4.69) is 16.5 Å². The average Bonchev–Trinajstić information content (AvgIpc) is 4.00. The summed E-state index contributed by atoms with van der Waals surface area (Å²) in [4.78, 5) is 70.6. The third kappa shape index (κ3) is 9.13. The second-order valence-electron chi connectivity index (χ2n) is 19.0. The van der Waals surface area contributed by atoms with Crippen molar-refractivity contribution in [1.82, 2.24) is 19.6 Å². The van der Waals surface area contributed by atoms with E-state index in [4.69, 9.17) is 24.2 Å². The van der Waals surface area contributed by atoms with Gasteiger partial charge in [-0.25, -0.2) is 17.8 Å². The van der Waals surface area contributed by atoms with Crippen molar-refractivity contribution in [2.75, 3.05) is 38.3 Å². The number of ketones is 1. The van der Waals surface area contributed by atoms with Crippen LogP contribution in [-0.2, 0) is 33.9 Å². The standard InChI is InChI=1S/C44H60FN5O9S/c1-27-11-7-8-12-29-23-44(29,40(54)48-60(55,56)43(26-45)15-16-43)24-36(51)35-21-31(25-50(35)39(53)33(28(2)19-27)22-37(52)59-42(3,4)5)58-38-32-14-13-30(57-6)20-34(32)46-41(47-38)49-17-9-10-18-49/h8,12-14,20,27-29,31,33,35H,7,9-11,15-19,21-26H2,1-6H3,(H,48,54)/b12-8-/t27-,28-,29-,31-,33+,35+,44-/m1/s1. The SMILES string of the molecule is COc1ccc2c(O[C@@H]3C[C@H]4C(=O)C[C@]5(C(=O)NS(=O)(=O)C6(CF)CC6)C[C@H]5/C=C\CC[C@@H](C)C[C@@H](C)[C@H](CC(=O)OC(C)(C)C)C(=O)N4C3)nc(N3CCCC3)nc2c1. The van der Waals surface area contributed by atoms with Gasteiger partial charge in [0.15, 0.2) is 5.78 Å². The first-order valence-electron chi connectivity index (χ1n) is 21.5. The van der Waals surface area contributed by atoms with Crippen molar-refractivity contribution in [2.24, 2.45) is 29.1 Å². The van der Waals surface area contributed by atoms with E-state index in [-0.39, 0.29) is 62.8 Å². The van der Waals surface area contributed by atoms with Crippen molar-refractivity contribution in [3.05, 3.63) is 30.4 Å². The van der Waals surface area contributed by atoms with Crippen LogP contribution in [-0.4, -0.2) is 103 Å². The number of hydrogen-bond acceptors (Lipinski definition) is 12. The van der Waals surface area contributed by atoms with E-state index < -0.39 is 74.1 Å². The Hall–Kier alpha value is -4.34. The number of carbonyl (C=O) groups excluding carboxylic acids is 4. The smallest absolute Gasteiger partial charge is 0.307 e. The maximum absolute atomic E-state index is 15.0. The second kappa shape index (κ2) is 16.8. The molecule has 2 aliphatic carbocycles. The van der Waals surface area contributed by atoms with Gasteiger partial charge in [-0.2, -0.15) is 4.98 Å². The van der Waals surface area contributed by atoms with Crippen LogP contribution < -0.4 is 19.1 Å². The number of benzene rings is 1. The minimum absolute atomic E-state index is 0.00103. The zero-order valence-electron chi connectivity index (χ0n) is 35.7. The predicted octanol–water partition coefficient (Wildman–Crippen LogP) is 5.86. The zero-order chi connectivity index (χ0) is 43.2. The van der Waals surface area contributed by atoms with Crippen molar-refractivity contribution < 1.29 is 46.2 Å². The molecule has 14 nitrogen and oxygen atoms in total. The van der Waals surface area contributed by atoms with Crippen LogP contribution in [0.1, 0.15) is 105 Å². The van der Waals surface area contributed by atoms with Crippen LogP contribution in [0.2, 0.25) is 0 Å². The fourth-order valence-corrected chi connectivity index (χ4v) is 10.8. The van der Waals surface area contributed by atoms with E-state index in [9.17, 15) is 27.2 Å². The summed E-state index contributed by atoms with van der Waals surface area (Å²) < 4.78 is 59.0. The van der Waals surface area contributed by atoms with Gasteiger partial charge in [-0.3, -0.25) is 23.9 Å². The van der Waals surface area contributed by atoms with Crippen LogP contribution in [0.15, 0.2) is 30.4 Å². The number of halogens is 1. The fraction of sp³-hybridized carbons (Fsp3) is 0.682. The highest BCUT2D eigenvalue weighted by atomic mass is 32.2. The molecule has 2 saturated heterocycles. The Bertz CT molecular complexity index is 2130. The van der Waals surface area contributed by atoms with Gasteiger partial charge in [0.25, 0.3) is 0 Å². The van der Waals surface area contributed by atoms with Gasteiger partial charge in [0, 0.05) is 32.0 Å². The molecule has 328 valence electrons. The van der Waals surface area contributed by atoms with E-state index in [1.165, 1.54) is 4.90 Å². The third-order valence-electron chi connectivity index (χ3n) is 13.1. The number of nitrogens with zero attached hydrogens (tertiary/aromatic N) is 4. The Balaban J connectivity index is 1.24. The number of alkyl halides is 1. The van der Waals surface area contributed by atoms with Crippen LogP contribution >= 0.6 is 0 Å². The monoisotopic (exact) mass is 853 g/mol. The van der Waals surface area contributed by atoms with Gasteiger partial charge in [-0.1, -0.05) is 26.0 Å². The number of carbonyl (C=O) groups is 4. The first kappa shape index (κ1) is 43.7. The van der Waals surface area contributed by atoms with E-state index in [1.807, 2.05) is 31.2 Å². The molecule has 1 aromatic heterocycles. The summed E-state index contributed by atoms with van der Waals surface area (Å²) in [5, 5.41) is 0.623. The molecule has 0 radical (unpaired) electrons. The number of rotatable bonds is 10. The molecule has 5 aliphatic rings. The Morgan fingerprint density at radius 1 is 1.07 bits per heavy atom. The third-order valence-corrected chi connectivity index (χ3v) is 15.3. The normalized spacial score (nSPS) is 30.1. The Kier molecular flexibility index (Phi) is 12.3. The minimum Gasteiger partial charge on any atom is -0.497 e. The van der Waals surface area contributed by atoms with Crippen LogP contribution in [0.25, 0.3) is 10.9 Å². The number of aromatic nitrogens is 2. The summed E-state index contributed by atoms with van der Waals surface area (Å²) >= 11 is 0. The van der Waals surface area contributed by atoms with Crippen LogP contribution in [0.5, 0.6) is 11.6 Å². The first-order chi connectivity index (χ1) is 28.4. The number of nitrogens with one attached hydrogen (secondary N) is 1. The molecule has 0 bridgehead atoms. The molecule has 7 rings (SSSR count). The van der Waals surface area contributed by atoms with Crippen LogP contribution in [0.3, 0.4) is 0 Å². The maximum Gasteiger partial charge on any atom is 0.307 e. The number of Topliss-reactive ketones (excluding diaryl/α,β-unsaturated/α-hetero) is 1. The molecule has 0 unspecified atom stereocenters. The number of amides is 2. The Labute approximate surface area is 352 Å². The summed E-state index contributed by atoms with van der Waals surface area (Å²) in [6.45, 7) is 9.82. The largest absolute Gasteiger partial charge is 0.497 e. The average molecular weight is 854 g/mol. The highest BCUT2D eigenvalue weighted by molar-refractivity contribution is 7.91. The molecule has 3 aliphatic heterocycles.